The number of carboxylic acid groups (broad SMARTS) is 1. The van der Waals surface area contributed by atoms with Gasteiger partial charge in [0.15, 0.2) is 11.6 Å². The molecule has 1 amide bonds. The van der Waals surface area contributed by atoms with E-state index in [4.69, 9.17) is 5.11 Å². The Hall–Kier alpha value is -1.98. The Morgan fingerprint density at radius 1 is 1.25 bits per heavy atom. The number of carboxylic acids is 1. The van der Waals surface area contributed by atoms with Crippen LogP contribution in [0.4, 0.5) is 8.78 Å². The molecule has 2 unspecified atom stereocenters. The van der Waals surface area contributed by atoms with Gasteiger partial charge in [-0.15, -0.1) is 0 Å². The smallest absolute Gasteiger partial charge is 0.306 e. The van der Waals surface area contributed by atoms with E-state index in [1.165, 1.54) is 6.07 Å². The summed E-state index contributed by atoms with van der Waals surface area (Å²) in [5.41, 5.74) is 0.384. The molecule has 6 heteroatoms. The molecule has 0 aromatic heterocycles. The lowest BCUT2D eigenvalue weighted by Crippen LogP contribution is -2.34. The van der Waals surface area contributed by atoms with E-state index in [-0.39, 0.29) is 18.4 Å². The molecule has 1 aromatic carbocycles. The molecule has 1 fully saturated rings. The fourth-order valence-corrected chi connectivity index (χ4v) is 2.45. The van der Waals surface area contributed by atoms with E-state index in [9.17, 15) is 18.4 Å². The zero-order valence-corrected chi connectivity index (χ0v) is 10.7. The fourth-order valence-electron chi connectivity index (χ4n) is 2.45. The van der Waals surface area contributed by atoms with Crippen LogP contribution in [0.3, 0.4) is 0 Å². The van der Waals surface area contributed by atoms with Crippen LogP contribution in [0, 0.1) is 17.6 Å². The van der Waals surface area contributed by atoms with Gasteiger partial charge in [-0.3, -0.25) is 9.59 Å². The number of halogens is 2. The van der Waals surface area contributed by atoms with Gasteiger partial charge in [0.2, 0.25) is 5.91 Å². The van der Waals surface area contributed by atoms with Crippen molar-refractivity contribution in [2.45, 2.75) is 31.7 Å². The number of benzene rings is 1. The maximum Gasteiger partial charge on any atom is 0.306 e. The molecular formula is C14H15F2NO3. The maximum atomic E-state index is 13.0. The predicted octanol–water partition coefficient (Wildman–Crippen LogP) is 1.88. The summed E-state index contributed by atoms with van der Waals surface area (Å²) in [5.74, 6) is -3.51. The molecule has 0 saturated heterocycles. The summed E-state index contributed by atoms with van der Waals surface area (Å²) in [6.07, 6.45) is 1.54. The lowest BCUT2D eigenvalue weighted by atomic mass is 10.1. The van der Waals surface area contributed by atoms with Gasteiger partial charge in [0.1, 0.15) is 0 Å². The van der Waals surface area contributed by atoms with E-state index >= 15 is 0 Å². The Labute approximate surface area is 114 Å². The Bertz CT molecular complexity index is 533. The van der Waals surface area contributed by atoms with Crippen LogP contribution in [-0.2, 0) is 16.0 Å². The SMILES string of the molecule is O=C(Cc1ccc(F)c(F)c1)NC1CCC(C(=O)O)C1. The fraction of sp³-hybridized carbons (Fsp3) is 0.429. The van der Waals surface area contributed by atoms with Crippen molar-refractivity contribution >= 4 is 11.9 Å². The molecule has 108 valence electrons. The van der Waals surface area contributed by atoms with Gasteiger partial charge >= 0.3 is 5.97 Å². The first kappa shape index (κ1) is 14.4. The van der Waals surface area contributed by atoms with E-state index < -0.39 is 23.5 Å². The van der Waals surface area contributed by atoms with Crippen LogP contribution >= 0.6 is 0 Å². The third-order valence-electron chi connectivity index (χ3n) is 3.50. The number of nitrogens with one attached hydrogen (secondary N) is 1. The molecule has 0 bridgehead atoms. The highest BCUT2D eigenvalue weighted by Gasteiger charge is 2.30. The van der Waals surface area contributed by atoms with Crippen LogP contribution in [-0.4, -0.2) is 23.0 Å². The van der Waals surface area contributed by atoms with Gasteiger partial charge in [-0.25, -0.2) is 8.78 Å². The van der Waals surface area contributed by atoms with Crippen LogP contribution in [0.2, 0.25) is 0 Å². The number of carbonyl (C=O) groups excluding carboxylic acids is 1. The number of aliphatic carboxylic acids is 1. The molecule has 1 aliphatic rings. The van der Waals surface area contributed by atoms with Crippen LogP contribution in [0.5, 0.6) is 0 Å². The van der Waals surface area contributed by atoms with E-state index in [1.54, 1.807) is 0 Å². The summed E-state index contributed by atoms with van der Waals surface area (Å²) < 4.78 is 25.8. The van der Waals surface area contributed by atoms with Crippen molar-refractivity contribution in [1.29, 1.82) is 0 Å². The molecule has 2 rings (SSSR count). The van der Waals surface area contributed by atoms with E-state index in [0.29, 0.717) is 24.8 Å². The third kappa shape index (κ3) is 3.53. The van der Waals surface area contributed by atoms with Gasteiger partial charge in [-0.2, -0.15) is 0 Å². The van der Waals surface area contributed by atoms with E-state index in [0.717, 1.165) is 12.1 Å². The second kappa shape index (κ2) is 5.98. The second-order valence-corrected chi connectivity index (χ2v) is 5.04. The van der Waals surface area contributed by atoms with Crippen molar-refractivity contribution in [2.24, 2.45) is 5.92 Å². The first-order valence-corrected chi connectivity index (χ1v) is 6.42. The number of amides is 1. The molecule has 2 N–H and O–H groups in total. The molecular weight excluding hydrogens is 268 g/mol. The van der Waals surface area contributed by atoms with Gasteiger partial charge < -0.3 is 10.4 Å². The summed E-state index contributed by atoms with van der Waals surface area (Å²) >= 11 is 0. The average molecular weight is 283 g/mol. The average Bonchev–Trinajstić information content (AvgIpc) is 2.82. The Morgan fingerprint density at radius 2 is 2.00 bits per heavy atom. The van der Waals surface area contributed by atoms with Crippen molar-refractivity contribution < 1.29 is 23.5 Å². The van der Waals surface area contributed by atoms with Crippen molar-refractivity contribution in [3.63, 3.8) is 0 Å². The van der Waals surface area contributed by atoms with E-state index in [1.807, 2.05) is 0 Å². The topological polar surface area (TPSA) is 66.4 Å². The van der Waals surface area contributed by atoms with Gasteiger partial charge in [-0.05, 0) is 37.0 Å². The van der Waals surface area contributed by atoms with Crippen molar-refractivity contribution in [3.8, 4) is 0 Å². The minimum absolute atomic E-state index is 0.0502. The summed E-state index contributed by atoms with van der Waals surface area (Å²) in [7, 11) is 0. The molecule has 4 nitrogen and oxygen atoms in total. The first-order chi connectivity index (χ1) is 9.45. The molecule has 0 aliphatic heterocycles. The molecule has 0 heterocycles. The van der Waals surface area contributed by atoms with Crippen LogP contribution in [0.15, 0.2) is 18.2 Å². The standard InChI is InChI=1S/C14H15F2NO3/c15-11-4-1-8(5-12(11)16)6-13(18)17-10-3-2-9(7-10)14(19)20/h1,4-5,9-10H,2-3,6-7H2,(H,17,18)(H,19,20). The molecule has 0 radical (unpaired) electrons. The van der Waals surface area contributed by atoms with Crippen LogP contribution in [0.1, 0.15) is 24.8 Å². The largest absolute Gasteiger partial charge is 0.481 e. The number of hydrogen-bond acceptors (Lipinski definition) is 2. The van der Waals surface area contributed by atoms with E-state index in [2.05, 4.69) is 5.32 Å². The lowest BCUT2D eigenvalue weighted by Gasteiger charge is -2.12. The van der Waals surface area contributed by atoms with Gasteiger partial charge in [0, 0.05) is 6.04 Å². The maximum absolute atomic E-state index is 13.0. The highest BCUT2D eigenvalue weighted by molar-refractivity contribution is 5.79. The van der Waals surface area contributed by atoms with Gasteiger partial charge in [-0.1, -0.05) is 6.07 Å². The minimum atomic E-state index is -0.984. The summed E-state index contributed by atoms with van der Waals surface area (Å²) in [6.45, 7) is 0. The molecule has 1 aliphatic carbocycles. The highest BCUT2D eigenvalue weighted by Crippen LogP contribution is 2.25. The molecule has 1 saturated carbocycles. The highest BCUT2D eigenvalue weighted by atomic mass is 19.2. The lowest BCUT2D eigenvalue weighted by molar-refractivity contribution is -0.141. The summed E-state index contributed by atoms with van der Waals surface area (Å²) in [6, 6.07) is 3.17. The zero-order valence-electron chi connectivity index (χ0n) is 10.7. The number of carbonyl (C=O) groups is 2. The Morgan fingerprint density at radius 3 is 2.60 bits per heavy atom. The monoisotopic (exact) mass is 283 g/mol. The molecule has 0 spiro atoms. The Kier molecular flexibility index (Phi) is 4.32. The first-order valence-electron chi connectivity index (χ1n) is 6.42. The summed E-state index contributed by atoms with van der Waals surface area (Å²) in [4.78, 5) is 22.6. The van der Waals surface area contributed by atoms with Crippen LogP contribution < -0.4 is 5.32 Å². The molecule has 20 heavy (non-hydrogen) atoms. The predicted molar refractivity (Wildman–Crippen MR) is 67.0 cm³/mol. The van der Waals surface area contributed by atoms with Crippen molar-refractivity contribution in [3.05, 3.63) is 35.4 Å². The number of rotatable bonds is 4. The number of hydrogen-bond donors (Lipinski definition) is 2. The zero-order chi connectivity index (χ0) is 14.7. The van der Waals surface area contributed by atoms with Gasteiger partial charge in [0.05, 0.1) is 12.3 Å². The van der Waals surface area contributed by atoms with Gasteiger partial charge in [0.25, 0.3) is 0 Å². The third-order valence-corrected chi connectivity index (χ3v) is 3.50. The summed E-state index contributed by atoms with van der Waals surface area (Å²) in [5, 5.41) is 11.6. The quantitative estimate of drug-likeness (QED) is 0.886. The Balaban J connectivity index is 1.87. The normalized spacial score (nSPS) is 21.7. The second-order valence-electron chi connectivity index (χ2n) is 5.04. The van der Waals surface area contributed by atoms with Crippen molar-refractivity contribution in [2.75, 3.05) is 0 Å². The van der Waals surface area contributed by atoms with Crippen LogP contribution in [0.25, 0.3) is 0 Å². The minimum Gasteiger partial charge on any atom is -0.481 e. The molecule has 2 atom stereocenters. The molecule has 1 aromatic rings. The van der Waals surface area contributed by atoms with Crippen molar-refractivity contribution in [1.82, 2.24) is 5.32 Å².